The van der Waals surface area contributed by atoms with Crippen molar-refractivity contribution < 1.29 is 18.4 Å². The zero-order valence-electron chi connectivity index (χ0n) is 14.8. The van der Waals surface area contributed by atoms with Crippen LogP contribution in [0.5, 0.6) is 0 Å². The van der Waals surface area contributed by atoms with Crippen molar-refractivity contribution in [2.75, 3.05) is 17.2 Å². The number of thioether (sulfide) groups is 1. The molecule has 0 spiro atoms. The van der Waals surface area contributed by atoms with Crippen LogP contribution in [0.3, 0.4) is 0 Å². The Labute approximate surface area is 164 Å². The summed E-state index contributed by atoms with van der Waals surface area (Å²) >= 11 is 1.14. The molecule has 1 amide bonds. The number of ketones is 1. The van der Waals surface area contributed by atoms with Gasteiger partial charge in [-0.3, -0.25) is 9.59 Å². The van der Waals surface area contributed by atoms with E-state index in [9.17, 15) is 14.0 Å². The molecule has 8 heteroatoms. The van der Waals surface area contributed by atoms with E-state index in [2.05, 4.69) is 10.2 Å². The van der Waals surface area contributed by atoms with Crippen molar-refractivity contribution in [2.45, 2.75) is 18.1 Å². The molecule has 0 radical (unpaired) electrons. The van der Waals surface area contributed by atoms with Crippen LogP contribution in [0.25, 0.3) is 11.5 Å². The van der Waals surface area contributed by atoms with E-state index in [1.165, 1.54) is 12.1 Å². The number of halogens is 1. The lowest BCUT2D eigenvalue weighted by atomic mass is 10.1. The second kappa shape index (κ2) is 7.93. The fraction of sp³-hybridized carbons (Fsp3) is 0.200. The predicted octanol–water partition coefficient (Wildman–Crippen LogP) is 3.98. The van der Waals surface area contributed by atoms with Crippen molar-refractivity contribution in [3.8, 4) is 11.5 Å². The standard InChI is InChI=1S/C20H16FN3O3S/c21-15-8-6-13(7-9-15)19-22-23-20(27-19)28-12-17(25)14-3-1-4-16(11-14)24-10-2-5-18(24)26/h1,3-4,6-9,11H,2,5,10,12H2. The van der Waals surface area contributed by atoms with Crippen LogP contribution in [0, 0.1) is 5.82 Å². The quantitative estimate of drug-likeness (QED) is 0.463. The van der Waals surface area contributed by atoms with Gasteiger partial charge in [-0.05, 0) is 42.8 Å². The number of aromatic nitrogens is 2. The summed E-state index contributed by atoms with van der Waals surface area (Å²) in [7, 11) is 0. The zero-order chi connectivity index (χ0) is 19.5. The van der Waals surface area contributed by atoms with Gasteiger partial charge in [-0.1, -0.05) is 23.9 Å². The van der Waals surface area contributed by atoms with E-state index in [1.807, 2.05) is 6.07 Å². The summed E-state index contributed by atoms with van der Waals surface area (Å²) in [6, 6.07) is 12.8. The van der Waals surface area contributed by atoms with Gasteiger partial charge in [0.1, 0.15) is 5.82 Å². The van der Waals surface area contributed by atoms with Crippen LogP contribution >= 0.6 is 11.8 Å². The Morgan fingerprint density at radius 3 is 2.75 bits per heavy atom. The van der Waals surface area contributed by atoms with Crippen LogP contribution in [0.1, 0.15) is 23.2 Å². The third-order valence-corrected chi connectivity index (χ3v) is 5.20. The zero-order valence-corrected chi connectivity index (χ0v) is 15.6. The van der Waals surface area contributed by atoms with E-state index in [0.29, 0.717) is 24.1 Å². The van der Waals surface area contributed by atoms with Crippen LogP contribution in [0.2, 0.25) is 0 Å². The Bertz CT molecular complexity index is 1020. The average molecular weight is 397 g/mol. The fourth-order valence-electron chi connectivity index (χ4n) is 2.96. The van der Waals surface area contributed by atoms with Gasteiger partial charge in [0.2, 0.25) is 11.8 Å². The van der Waals surface area contributed by atoms with E-state index in [0.717, 1.165) is 23.9 Å². The van der Waals surface area contributed by atoms with Crippen molar-refractivity contribution in [3.05, 3.63) is 59.9 Å². The normalized spacial score (nSPS) is 13.9. The molecule has 1 saturated heterocycles. The first-order chi connectivity index (χ1) is 13.6. The summed E-state index contributed by atoms with van der Waals surface area (Å²) in [4.78, 5) is 26.1. The first kappa shape index (κ1) is 18.4. The van der Waals surface area contributed by atoms with Gasteiger partial charge < -0.3 is 9.32 Å². The number of carbonyl (C=O) groups excluding carboxylic acids is 2. The molecule has 4 rings (SSSR count). The first-order valence-corrected chi connectivity index (χ1v) is 9.74. The van der Waals surface area contributed by atoms with Gasteiger partial charge in [0.05, 0.1) is 5.75 Å². The van der Waals surface area contributed by atoms with Crippen molar-refractivity contribution in [2.24, 2.45) is 0 Å². The molecule has 0 bridgehead atoms. The number of hydrogen-bond donors (Lipinski definition) is 0. The maximum Gasteiger partial charge on any atom is 0.277 e. The number of Topliss-reactive ketones (excluding diaryl/α,β-unsaturated/α-hetero) is 1. The molecule has 3 aromatic rings. The summed E-state index contributed by atoms with van der Waals surface area (Å²) in [5.74, 6) is 0.0339. The summed E-state index contributed by atoms with van der Waals surface area (Å²) in [6.45, 7) is 0.680. The molecule has 0 atom stereocenters. The Kier molecular flexibility index (Phi) is 5.21. The second-order valence-electron chi connectivity index (χ2n) is 6.29. The van der Waals surface area contributed by atoms with Crippen LogP contribution in [-0.4, -0.2) is 34.2 Å². The lowest BCUT2D eigenvalue weighted by Crippen LogP contribution is -2.23. The molecular weight excluding hydrogens is 381 g/mol. The minimum atomic E-state index is -0.346. The minimum Gasteiger partial charge on any atom is -0.411 e. The molecule has 6 nitrogen and oxygen atoms in total. The topological polar surface area (TPSA) is 76.3 Å². The summed E-state index contributed by atoms with van der Waals surface area (Å²) in [5, 5.41) is 8.11. The van der Waals surface area contributed by atoms with Gasteiger partial charge in [-0.15, -0.1) is 10.2 Å². The molecule has 0 N–H and O–H groups in total. The molecule has 0 aliphatic carbocycles. The largest absolute Gasteiger partial charge is 0.411 e. The van der Waals surface area contributed by atoms with Crippen LogP contribution in [-0.2, 0) is 4.79 Å². The molecular formula is C20H16FN3O3S. The Hall–Kier alpha value is -3.00. The lowest BCUT2D eigenvalue weighted by molar-refractivity contribution is -0.117. The third-order valence-electron chi connectivity index (χ3n) is 4.38. The summed E-state index contributed by atoms with van der Waals surface area (Å²) in [5.41, 5.74) is 1.88. The Balaban J connectivity index is 1.41. The molecule has 1 fully saturated rings. The number of hydrogen-bond acceptors (Lipinski definition) is 6. The summed E-state index contributed by atoms with van der Waals surface area (Å²) < 4.78 is 18.5. The van der Waals surface area contributed by atoms with Crippen molar-refractivity contribution in [3.63, 3.8) is 0 Å². The van der Waals surface area contributed by atoms with E-state index >= 15 is 0 Å². The number of benzene rings is 2. The molecule has 142 valence electrons. The van der Waals surface area contributed by atoms with Gasteiger partial charge in [-0.2, -0.15) is 0 Å². The molecule has 1 aliphatic rings. The van der Waals surface area contributed by atoms with Crippen LogP contribution < -0.4 is 4.90 Å². The molecule has 0 saturated carbocycles. The highest BCUT2D eigenvalue weighted by Gasteiger charge is 2.22. The number of amides is 1. The van der Waals surface area contributed by atoms with E-state index < -0.39 is 0 Å². The smallest absolute Gasteiger partial charge is 0.277 e. The SMILES string of the molecule is O=C(CSc1nnc(-c2ccc(F)cc2)o1)c1cccc(N2CCCC2=O)c1. The van der Waals surface area contributed by atoms with Crippen molar-refractivity contribution in [1.82, 2.24) is 10.2 Å². The monoisotopic (exact) mass is 397 g/mol. The number of rotatable bonds is 6. The fourth-order valence-corrected chi connectivity index (χ4v) is 3.61. The highest BCUT2D eigenvalue weighted by Crippen LogP contribution is 2.26. The predicted molar refractivity (Wildman–Crippen MR) is 103 cm³/mol. The van der Waals surface area contributed by atoms with Gasteiger partial charge in [-0.25, -0.2) is 4.39 Å². The lowest BCUT2D eigenvalue weighted by Gasteiger charge is -2.16. The van der Waals surface area contributed by atoms with Crippen molar-refractivity contribution >= 4 is 29.1 Å². The molecule has 1 aliphatic heterocycles. The van der Waals surface area contributed by atoms with Crippen LogP contribution in [0.4, 0.5) is 10.1 Å². The van der Waals surface area contributed by atoms with E-state index in [1.54, 1.807) is 35.2 Å². The molecule has 2 heterocycles. The second-order valence-corrected chi connectivity index (χ2v) is 7.22. The van der Waals surface area contributed by atoms with Gasteiger partial charge in [0.15, 0.2) is 5.78 Å². The molecule has 2 aromatic carbocycles. The van der Waals surface area contributed by atoms with Gasteiger partial charge in [0, 0.05) is 29.8 Å². The maximum atomic E-state index is 13.0. The van der Waals surface area contributed by atoms with Crippen molar-refractivity contribution in [1.29, 1.82) is 0 Å². The Morgan fingerprint density at radius 2 is 2.00 bits per heavy atom. The maximum absolute atomic E-state index is 13.0. The minimum absolute atomic E-state index is 0.0816. The third kappa shape index (κ3) is 3.96. The van der Waals surface area contributed by atoms with E-state index in [-0.39, 0.29) is 34.4 Å². The first-order valence-electron chi connectivity index (χ1n) is 8.76. The van der Waals surface area contributed by atoms with Gasteiger partial charge in [0.25, 0.3) is 5.22 Å². The van der Waals surface area contributed by atoms with Gasteiger partial charge >= 0.3 is 0 Å². The Morgan fingerprint density at radius 1 is 1.18 bits per heavy atom. The molecule has 1 aromatic heterocycles. The summed E-state index contributed by atoms with van der Waals surface area (Å²) in [6.07, 6.45) is 1.38. The highest BCUT2D eigenvalue weighted by atomic mass is 32.2. The molecule has 28 heavy (non-hydrogen) atoms. The van der Waals surface area contributed by atoms with E-state index in [4.69, 9.17) is 4.42 Å². The molecule has 0 unspecified atom stereocenters. The van der Waals surface area contributed by atoms with Crippen LogP contribution in [0.15, 0.2) is 58.2 Å². The highest BCUT2D eigenvalue weighted by molar-refractivity contribution is 7.99. The average Bonchev–Trinajstić information content (AvgIpc) is 3.36. The number of anilines is 1. The number of nitrogens with zero attached hydrogens (tertiary/aromatic N) is 3. The number of carbonyl (C=O) groups is 2.